The van der Waals surface area contributed by atoms with Crippen LogP contribution in [-0.2, 0) is 0 Å². The van der Waals surface area contributed by atoms with Crippen molar-refractivity contribution in [2.75, 3.05) is 0 Å². The molecule has 0 saturated heterocycles. The second-order valence-corrected chi connectivity index (χ2v) is 5.22. The summed E-state index contributed by atoms with van der Waals surface area (Å²) < 4.78 is 0. The van der Waals surface area contributed by atoms with Crippen LogP contribution in [0.5, 0.6) is 0 Å². The number of pyridine rings is 1. The first-order chi connectivity index (χ1) is 7.68. The molecule has 2 heteroatoms. The molecule has 1 fully saturated rings. The molecule has 0 aromatic carbocycles. The van der Waals surface area contributed by atoms with Gasteiger partial charge in [0, 0.05) is 12.2 Å². The van der Waals surface area contributed by atoms with Crippen LogP contribution in [0.4, 0.5) is 0 Å². The van der Waals surface area contributed by atoms with E-state index in [0.29, 0.717) is 18.0 Å². The molecule has 0 spiro atoms. The Balaban J connectivity index is 2.14. The minimum absolute atomic E-state index is 0.409. The third-order valence-electron chi connectivity index (χ3n) is 3.53. The molecule has 88 valence electrons. The van der Waals surface area contributed by atoms with Crippen LogP contribution in [0.3, 0.4) is 0 Å². The fourth-order valence-corrected chi connectivity index (χ4v) is 2.24. The quantitative estimate of drug-likeness (QED) is 0.839. The van der Waals surface area contributed by atoms with Gasteiger partial charge in [-0.25, -0.2) is 0 Å². The Morgan fingerprint density at radius 1 is 1.38 bits per heavy atom. The van der Waals surface area contributed by atoms with Crippen LogP contribution >= 0.6 is 0 Å². The van der Waals surface area contributed by atoms with Crippen molar-refractivity contribution in [3.63, 3.8) is 0 Å². The van der Waals surface area contributed by atoms with Crippen molar-refractivity contribution in [2.45, 2.75) is 52.1 Å². The van der Waals surface area contributed by atoms with Gasteiger partial charge in [-0.05, 0) is 37.3 Å². The van der Waals surface area contributed by atoms with E-state index in [1.165, 1.54) is 30.5 Å². The molecule has 1 unspecified atom stereocenters. The summed E-state index contributed by atoms with van der Waals surface area (Å²) in [5.74, 6) is 0.592. The summed E-state index contributed by atoms with van der Waals surface area (Å²) in [6.45, 7) is 6.69. The highest BCUT2D eigenvalue weighted by atomic mass is 15.0. The molecule has 1 saturated carbocycles. The van der Waals surface area contributed by atoms with Gasteiger partial charge in [-0.1, -0.05) is 26.3 Å². The average Bonchev–Trinajstić information content (AvgIpc) is 2.18. The summed E-state index contributed by atoms with van der Waals surface area (Å²) in [5, 5.41) is 3.75. The second kappa shape index (κ2) is 4.96. The maximum atomic E-state index is 4.55. The van der Waals surface area contributed by atoms with Crippen LogP contribution in [0, 0.1) is 12.8 Å². The second-order valence-electron chi connectivity index (χ2n) is 5.22. The topological polar surface area (TPSA) is 24.9 Å². The lowest BCUT2D eigenvalue weighted by Gasteiger charge is -2.33. The summed E-state index contributed by atoms with van der Waals surface area (Å²) >= 11 is 0. The third kappa shape index (κ3) is 2.43. The first-order valence-electron chi connectivity index (χ1n) is 6.36. The molecule has 0 aliphatic heterocycles. The van der Waals surface area contributed by atoms with Crippen molar-refractivity contribution in [1.29, 1.82) is 0 Å². The van der Waals surface area contributed by atoms with Crippen LogP contribution in [0.15, 0.2) is 18.3 Å². The van der Waals surface area contributed by atoms with Crippen molar-refractivity contribution in [3.8, 4) is 0 Å². The summed E-state index contributed by atoms with van der Waals surface area (Å²) in [7, 11) is 0. The Morgan fingerprint density at radius 2 is 2.12 bits per heavy atom. The van der Waals surface area contributed by atoms with Gasteiger partial charge in [-0.2, -0.15) is 0 Å². The highest BCUT2D eigenvalue weighted by Crippen LogP contribution is 2.27. The fourth-order valence-electron chi connectivity index (χ4n) is 2.24. The summed E-state index contributed by atoms with van der Waals surface area (Å²) in [6, 6.07) is 5.29. The monoisotopic (exact) mass is 218 g/mol. The minimum atomic E-state index is 0.409. The van der Waals surface area contributed by atoms with E-state index in [1.54, 1.807) is 0 Å². The molecule has 16 heavy (non-hydrogen) atoms. The molecule has 1 aliphatic rings. The van der Waals surface area contributed by atoms with E-state index >= 15 is 0 Å². The Hall–Kier alpha value is -0.890. The highest BCUT2D eigenvalue weighted by molar-refractivity contribution is 5.21. The maximum Gasteiger partial charge on any atom is 0.0604 e. The van der Waals surface area contributed by atoms with E-state index in [9.17, 15) is 0 Å². The standard InChI is InChI=1S/C14H22N2/c1-10(2)13(16-12-7-4-8-12)14-11(3)6-5-9-15-14/h5-6,9-10,12-13,16H,4,7-8H2,1-3H3. The van der Waals surface area contributed by atoms with E-state index in [0.717, 1.165) is 0 Å². The van der Waals surface area contributed by atoms with Crippen LogP contribution in [0.25, 0.3) is 0 Å². The Kier molecular flexibility index (Phi) is 3.59. The zero-order valence-corrected chi connectivity index (χ0v) is 10.5. The molecule has 1 N–H and O–H groups in total. The largest absolute Gasteiger partial charge is 0.306 e. The van der Waals surface area contributed by atoms with Crippen molar-refractivity contribution < 1.29 is 0 Å². The first kappa shape index (κ1) is 11.6. The summed E-state index contributed by atoms with van der Waals surface area (Å²) in [4.78, 5) is 4.55. The fraction of sp³-hybridized carbons (Fsp3) is 0.643. The van der Waals surface area contributed by atoms with E-state index in [1.807, 2.05) is 12.3 Å². The molecule has 1 aromatic rings. The minimum Gasteiger partial charge on any atom is -0.306 e. The molecule has 2 rings (SSSR count). The van der Waals surface area contributed by atoms with Crippen LogP contribution in [0.1, 0.15) is 50.4 Å². The lowest BCUT2D eigenvalue weighted by Crippen LogP contribution is -2.40. The van der Waals surface area contributed by atoms with Crippen molar-refractivity contribution in [3.05, 3.63) is 29.6 Å². The van der Waals surface area contributed by atoms with E-state index < -0.39 is 0 Å². The molecule has 1 aliphatic carbocycles. The van der Waals surface area contributed by atoms with Gasteiger partial charge in [0.2, 0.25) is 0 Å². The van der Waals surface area contributed by atoms with Crippen LogP contribution in [0.2, 0.25) is 0 Å². The van der Waals surface area contributed by atoms with Crippen molar-refractivity contribution in [2.24, 2.45) is 5.92 Å². The van der Waals surface area contributed by atoms with Gasteiger partial charge in [0.05, 0.1) is 11.7 Å². The van der Waals surface area contributed by atoms with E-state index in [2.05, 4.69) is 37.1 Å². The molecule has 2 nitrogen and oxygen atoms in total. The zero-order chi connectivity index (χ0) is 11.5. The van der Waals surface area contributed by atoms with Crippen molar-refractivity contribution in [1.82, 2.24) is 10.3 Å². The Morgan fingerprint density at radius 3 is 2.62 bits per heavy atom. The highest BCUT2D eigenvalue weighted by Gasteiger charge is 2.25. The Labute approximate surface area is 98.5 Å². The lowest BCUT2D eigenvalue weighted by atomic mass is 9.89. The first-order valence-corrected chi connectivity index (χ1v) is 6.36. The summed E-state index contributed by atoms with van der Waals surface area (Å²) in [6.07, 6.45) is 5.94. The molecular weight excluding hydrogens is 196 g/mol. The van der Waals surface area contributed by atoms with Gasteiger partial charge in [0.15, 0.2) is 0 Å². The van der Waals surface area contributed by atoms with Crippen LogP contribution < -0.4 is 5.32 Å². The normalized spacial score (nSPS) is 18.5. The summed E-state index contributed by atoms with van der Waals surface area (Å²) in [5.41, 5.74) is 2.53. The van der Waals surface area contributed by atoms with Gasteiger partial charge >= 0.3 is 0 Å². The average molecular weight is 218 g/mol. The van der Waals surface area contributed by atoms with Gasteiger partial charge in [-0.15, -0.1) is 0 Å². The molecule has 1 atom stereocenters. The number of nitrogens with one attached hydrogen (secondary N) is 1. The molecular formula is C14H22N2. The third-order valence-corrected chi connectivity index (χ3v) is 3.53. The number of aromatic nitrogens is 1. The van der Waals surface area contributed by atoms with E-state index in [4.69, 9.17) is 0 Å². The lowest BCUT2D eigenvalue weighted by molar-refractivity contribution is 0.269. The zero-order valence-electron chi connectivity index (χ0n) is 10.5. The molecule has 0 radical (unpaired) electrons. The van der Waals surface area contributed by atoms with Gasteiger partial charge in [0.25, 0.3) is 0 Å². The molecule has 0 bridgehead atoms. The van der Waals surface area contributed by atoms with Gasteiger partial charge < -0.3 is 5.32 Å². The van der Waals surface area contributed by atoms with E-state index in [-0.39, 0.29) is 0 Å². The van der Waals surface area contributed by atoms with Crippen molar-refractivity contribution >= 4 is 0 Å². The van der Waals surface area contributed by atoms with Gasteiger partial charge in [0.1, 0.15) is 0 Å². The number of hydrogen-bond acceptors (Lipinski definition) is 2. The maximum absolute atomic E-state index is 4.55. The molecule has 1 heterocycles. The number of hydrogen-bond donors (Lipinski definition) is 1. The molecule has 1 aromatic heterocycles. The Bertz CT molecular complexity index is 342. The van der Waals surface area contributed by atoms with Crippen LogP contribution in [-0.4, -0.2) is 11.0 Å². The van der Waals surface area contributed by atoms with Gasteiger partial charge in [-0.3, -0.25) is 4.98 Å². The number of nitrogens with zero attached hydrogens (tertiary/aromatic N) is 1. The number of rotatable bonds is 4. The predicted octanol–water partition coefficient (Wildman–Crippen LogP) is 3.23. The smallest absolute Gasteiger partial charge is 0.0604 e. The predicted molar refractivity (Wildman–Crippen MR) is 67.3 cm³/mol. The SMILES string of the molecule is Cc1cccnc1C(NC1CCC1)C(C)C. The number of aryl methyl sites for hydroxylation is 1. The molecule has 0 amide bonds.